The number of nitrogens with zero attached hydrogens (tertiary/aromatic N) is 2. The number of carbonyl (C=O) groups is 1. The monoisotopic (exact) mass is 297 g/mol. The van der Waals surface area contributed by atoms with Crippen LogP contribution in [0.2, 0.25) is 0 Å². The van der Waals surface area contributed by atoms with E-state index in [1.54, 1.807) is 0 Å². The first kappa shape index (κ1) is 14.8. The van der Waals surface area contributed by atoms with Crippen LogP contribution in [0.15, 0.2) is 36.4 Å². The number of hydrogen-bond donors (Lipinski definition) is 1. The van der Waals surface area contributed by atoms with Crippen molar-refractivity contribution >= 4 is 11.7 Å². The molecule has 0 bridgehead atoms. The number of benzene rings is 1. The number of aryl methyl sites for hydroxylation is 1. The molecule has 2 atom stereocenters. The maximum Gasteiger partial charge on any atom is 0.228 e. The van der Waals surface area contributed by atoms with E-state index in [0.717, 1.165) is 18.5 Å². The van der Waals surface area contributed by atoms with E-state index >= 15 is 0 Å². The molecular weight excluding hydrogens is 274 g/mol. The summed E-state index contributed by atoms with van der Waals surface area (Å²) in [5, 5.41) is 7.42. The van der Waals surface area contributed by atoms with Crippen LogP contribution in [0.4, 0.5) is 5.82 Å². The predicted octanol–water partition coefficient (Wildman–Crippen LogP) is 3.59. The van der Waals surface area contributed by atoms with Gasteiger partial charge in [-0.25, -0.2) is 0 Å². The van der Waals surface area contributed by atoms with Crippen molar-refractivity contribution in [3.63, 3.8) is 0 Å². The maximum absolute atomic E-state index is 12.3. The minimum Gasteiger partial charge on any atom is -0.309 e. The molecule has 3 rings (SSSR count). The molecule has 1 fully saturated rings. The maximum atomic E-state index is 12.3. The van der Waals surface area contributed by atoms with Gasteiger partial charge < -0.3 is 5.32 Å². The van der Waals surface area contributed by atoms with Gasteiger partial charge in [-0.2, -0.15) is 5.10 Å². The minimum absolute atomic E-state index is 0.106. The Balaban J connectivity index is 1.56. The molecule has 0 saturated heterocycles. The summed E-state index contributed by atoms with van der Waals surface area (Å²) in [6.07, 6.45) is 1.96. The van der Waals surface area contributed by atoms with Crippen molar-refractivity contribution in [2.24, 2.45) is 11.8 Å². The van der Waals surface area contributed by atoms with Gasteiger partial charge in [0.05, 0.1) is 0 Å². The number of hydrogen-bond acceptors (Lipinski definition) is 2. The smallest absolute Gasteiger partial charge is 0.228 e. The Labute approximate surface area is 131 Å². The van der Waals surface area contributed by atoms with Crippen molar-refractivity contribution in [3.8, 4) is 0 Å². The molecule has 1 aromatic carbocycles. The lowest BCUT2D eigenvalue weighted by Crippen LogP contribution is -2.16. The van der Waals surface area contributed by atoms with E-state index in [1.165, 1.54) is 5.56 Å². The third kappa shape index (κ3) is 3.21. The summed E-state index contributed by atoms with van der Waals surface area (Å²) in [5.74, 6) is 1.37. The van der Waals surface area contributed by atoms with Gasteiger partial charge in [-0.1, -0.05) is 30.3 Å². The summed E-state index contributed by atoms with van der Waals surface area (Å²) in [5.41, 5.74) is 2.38. The fourth-order valence-electron chi connectivity index (χ4n) is 3.00. The first-order chi connectivity index (χ1) is 10.5. The molecule has 1 aromatic heterocycles. The zero-order valence-corrected chi connectivity index (χ0v) is 13.4. The summed E-state index contributed by atoms with van der Waals surface area (Å²) in [4.78, 5) is 12.3. The first-order valence-corrected chi connectivity index (χ1v) is 7.95. The van der Waals surface area contributed by atoms with Crippen LogP contribution >= 0.6 is 0 Å². The van der Waals surface area contributed by atoms with Crippen molar-refractivity contribution in [2.75, 3.05) is 5.32 Å². The van der Waals surface area contributed by atoms with E-state index in [2.05, 4.69) is 36.4 Å². The summed E-state index contributed by atoms with van der Waals surface area (Å²) < 4.78 is 1.93. The molecule has 1 aliphatic rings. The van der Waals surface area contributed by atoms with Gasteiger partial charge in [-0.05, 0) is 45.1 Å². The fourth-order valence-corrected chi connectivity index (χ4v) is 3.00. The molecule has 116 valence electrons. The molecule has 4 heteroatoms. The highest BCUT2D eigenvalue weighted by Crippen LogP contribution is 2.41. The Morgan fingerprint density at radius 3 is 2.73 bits per heavy atom. The van der Waals surface area contributed by atoms with Crippen LogP contribution in [0.5, 0.6) is 0 Å². The molecular formula is C18H23N3O. The van der Waals surface area contributed by atoms with Crippen molar-refractivity contribution in [1.29, 1.82) is 0 Å². The minimum atomic E-state index is 0.106. The van der Waals surface area contributed by atoms with Crippen LogP contribution < -0.4 is 5.32 Å². The summed E-state index contributed by atoms with van der Waals surface area (Å²) >= 11 is 0. The van der Waals surface area contributed by atoms with Gasteiger partial charge in [0, 0.05) is 23.7 Å². The molecule has 0 spiro atoms. The third-order valence-electron chi connectivity index (χ3n) is 4.26. The van der Waals surface area contributed by atoms with Crippen LogP contribution in [-0.2, 0) is 11.2 Å². The van der Waals surface area contributed by atoms with E-state index in [-0.39, 0.29) is 11.8 Å². The van der Waals surface area contributed by atoms with Gasteiger partial charge in [0.25, 0.3) is 0 Å². The molecule has 22 heavy (non-hydrogen) atoms. The molecule has 4 nitrogen and oxygen atoms in total. The van der Waals surface area contributed by atoms with Crippen molar-refractivity contribution in [1.82, 2.24) is 9.78 Å². The molecule has 1 saturated carbocycles. The van der Waals surface area contributed by atoms with E-state index < -0.39 is 0 Å². The number of aromatic nitrogens is 2. The van der Waals surface area contributed by atoms with Crippen molar-refractivity contribution < 1.29 is 4.79 Å². The first-order valence-electron chi connectivity index (χ1n) is 7.95. The molecule has 0 radical (unpaired) electrons. The Kier molecular flexibility index (Phi) is 4.01. The second kappa shape index (κ2) is 5.95. The van der Waals surface area contributed by atoms with Crippen LogP contribution in [0, 0.1) is 18.8 Å². The topological polar surface area (TPSA) is 46.9 Å². The van der Waals surface area contributed by atoms with Gasteiger partial charge in [-0.3, -0.25) is 9.48 Å². The predicted molar refractivity (Wildman–Crippen MR) is 87.7 cm³/mol. The van der Waals surface area contributed by atoms with E-state index in [1.807, 2.05) is 35.9 Å². The van der Waals surface area contributed by atoms with Crippen molar-refractivity contribution in [2.45, 2.75) is 39.7 Å². The zero-order valence-electron chi connectivity index (χ0n) is 13.4. The van der Waals surface area contributed by atoms with Gasteiger partial charge in [0.1, 0.15) is 0 Å². The summed E-state index contributed by atoms with van der Waals surface area (Å²) in [7, 11) is 0. The highest BCUT2D eigenvalue weighted by atomic mass is 16.2. The number of carbonyl (C=O) groups excluding carboxylic acids is 1. The molecule has 1 N–H and O–H groups in total. The van der Waals surface area contributed by atoms with Crippen LogP contribution in [-0.4, -0.2) is 15.7 Å². The molecule has 2 aromatic rings. The standard InChI is InChI=1S/C18H23N3O/c1-12(2)21-13(3)9-17(20-21)19-18(22)16-11-15(16)10-14-7-5-4-6-8-14/h4-9,12,15-16H,10-11H2,1-3H3,(H,19,20,22). The second-order valence-electron chi connectivity index (χ2n) is 6.49. The van der Waals surface area contributed by atoms with E-state index in [0.29, 0.717) is 17.8 Å². The Hall–Kier alpha value is -2.10. The summed E-state index contributed by atoms with van der Waals surface area (Å²) in [6, 6.07) is 12.6. The third-order valence-corrected chi connectivity index (χ3v) is 4.26. The fraction of sp³-hybridized carbons (Fsp3) is 0.444. The SMILES string of the molecule is Cc1cc(NC(=O)C2CC2Cc2ccccc2)nn1C(C)C. The lowest BCUT2D eigenvalue weighted by atomic mass is 10.1. The zero-order chi connectivity index (χ0) is 15.7. The second-order valence-corrected chi connectivity index (χ2v) is 6.49. The Bertz CT molecular complexity index is 660. The molecule has 1 aliphatic carbocycles. The number of nitrogens with one attached hydrogen (secondary N) is 1. The highest BCUT2D eigenvalue weighted by Gasteiger charge is 2.42. The van der Waals surface area contributed by atoms with Crippen LogP contribution in [0.1, 0.15) is 37.6 Å². The van der Waals surface area contributed by atoms with E-state index in [4.69, 9.17) is 0 Å². The number of rotatable bonds is 5. The molecule has 0 aliphatic heterocycles. The lowest BCUT2D eigenvalue weighted by molar-refractivity contribution is -0.117. The molecule has 1 amide bonds. The summed E-state index contributed by atoms with van der Waals surface area (Å²) in [6.45, 7) is 6.18. The molecule has 2 unspecified atom stereocenters. The van der Waals surface area contributed by atoms with Crippen LogP contribution in [0.25, 0.3) is 0 Å². The lowest BCUT2D eigenvalue weighted by Gasteiger charge is -2.07. The average Bonchev–Trinajstić information content (AvgIpc) is 3.14. The average molecular weight is 297 g/mol. The Morgan fingerprint density at radius 1 is 1.36 bits per heavy atom. The Morgan fingerprint density at radius 2 is 2.09 bits per heavy atom. The number of anilines is 1. The van der Waals surface area contributed by atoms with Gasteiger partial charge >= 0.3 is 0 Å². The van der Waals surface area contributed by atoms with Gasteiger partial charge in [0.15, 0.2) is 5.82 Å². The quantitative estimate of drug-likeness (QED) is 0.916. The number of amides is 1. The van der Waals surface area contributed by atoms with Gasteiger partial charge in [0.2, 0.25) is 5.91 Å². The molecule has 1 heterocycles. The highest BCUT2D eigenvalue weighted by molar-refractivity contribution is 5.93. The largest absolute Gasteiger partial charge is 0.309 e. The van der Waals surface area contributed by atoms with E-state index in [9.17, 15) is 4.79 Å². The van der Waals surface area contributed by atoms with Gasteiger partial charge in [-0.15, -0.1) is 0 Å². The normalized spacial score (nSPS) is 20.2. The van der Waals surface area contributed by atoms with Crippen LogP contribution in [0.3, 0.4) is 0 Å². The van der Waals surface area contributed by atoms with Crippen molar-refractivity contribution in [3.05, 3.63) is 47.7 Å².